The van der Waals surface area contributed by atoms with Gasteiger partial charge < -0.3 is 14.3 Å². The summed E-state index contributed by atoms with van der Waals surface area (Å²) in [7, 11) is 0. The number of anilines is 1. The summed E-state index contributed by atoms with van der Waals surface area (Å²) in [5, 5.41) is 21.3. The third-order valence-corrected chi connectivity index (χ3v) is 8.87. The first-order valence-electron chi connectivity index (χ1n) is 12.7. The Morgan fingerprint density at radius 2 is 1.85 bits per heavy atom. The highest BCUT2D eigenvalue weighted by atomic mass is 35.5. The highest BCUT2D eigenvalue weighted by molar-refractivity contribution is 8.00. The number of ketones is 1. The zero-order chi connectivity index (χ0) is 28.5. The van der Waals surface area contributed by atoms with E-state index in [1.165, 1.54) is 28.0 Å². The van der Waals surface area contributed by atoms with Crippen molar-refractivity contribution in [2.75, 3.05) is 11.5 Å². The van der Waals surface area contributed by atoms with Crippen LogP contribution in [-0.4, -0.2) is 33.6 Å². The summed E-state index contributed by atoms with van der Waals surface area (Å²) in [6.07, 6.45) is 0. The van der Waals surface area contributed by atoms with Crippen molar-refractivity contribution in [2.24, 2.45) is 0 Å². The first-order chi connectivity index (χ1) is 19.9. The molecule has 5 aromatic rings. The molecule has 1 amide bonds. The van der Waals surface area contributed by atoms with Crippen molar-refractivity contribution in [1.29, 1.82) is 0 Å². The van der Waals surface area contributed by atoms with Crippen LogP contribution >= 0.6 is 34.7 Å². The number of halogens is 1. The molecule has 8 nitrogen and oxygen atoms in total. The number of Topliss-reactive ketones (excluding diaryl/α,β-unsaturated/α-hetero) is 1. The molecular weight excluding hydrogens is 582 g/mol. The molecule has 41 heavy (non-hydrogen) atoms. The third kappa shape index (κ3) is 5.33. The predicted molar refractivity (Wildman–Crippen MR) is 159 cm³/mol. The number of ether oxygens (including phenoxy) is 1. The first-order valence-corrected chi connectivity index (χ1v) is 14.8. The Morgan fingerprint density at radius 1 is 1.10 bits per heavy atom. The summed E-state index contributed by atoms with van der Waals surface area (Å²) in [4.78, 5) is 28.7. The largest absolute Gasteiger partial charge is 0.503 e. The molecule has 1 aliphatic rings. The number of thioether (sulfide) groups is 1. The number of furan rings is 1. The van der Waals surface area contributed by atoms with Crippen molar-refractivity contribution in [3.05, 3.63) is 112 Å². The summed E-state index contributed by atoms with van der Waals surface area (Å²) in [5.74, 6) is -0.692. The Kier molecular flexibility index (Phi) is 7.53. The number of carbonyl (C=O) groups is 2. The van der Waals surface area contributed by atoms with E-state index in [1.807, 2.05) is 43.3 Å². The van der Waals surface area contributed by atoms with Crippen LogP contribution < -0.4 is 9.64 Å². The molecule has 1 aliphatic heterocycles. The van der Waals surface area contributed by atoms with Crippen LogP contribution in [0, 0.1) is 0 Å². The zero-order valence-corrected chi connectivity index (χ0v) is 24.0. The number of aromatic nitrogens is 2. The van der Waals surface area contributed by atoms with Gasteiger partial charge in [0.05, 0.1) is 18.2 Å². The van der Waals surface area contributed by atoms with Crippen molar-refractivity contribution in [3.8, 4) is 5.75 Å². The molecule has 0 aliphatic carbocycles. The molecule has 0 saturated heterocycles. The third-order valence-electron chi connectivity index (χ3n) is 6.49. The SMILES string of the molecule is CCOc1ccc(C2C(C(=O)c3cc4ccccc4o3)=C(O)C(=O)N2c2nnc(SCc3ccc(Cl)cc3)s2)cc1. The monoisotopic (exact) mass is 603 g/mol. The van der Waals surface area contributed by atoms with Gasteiger partial charge in [0.2, 0.25) is 10.9 Å². The smallest absolute Gasteiger partial charge is 0.296 e. The van der Waals surface area contributed by atoms with Crippen molar-refractivity contribution < 1.29 is 23.8 Å². The molecule has 1 N–H and O–H groups in total. The zero-order valence-electron chi connectivity index (χ0n) is 21.6. The number of hydrogen-bond acceptors (Lipinski definition) is 9. The molecule has 2 aromatic heterocycles. The van der Waals surface area contributed by atoms with E-state index in [2.05, 4.69) is 10.2 Å². The molecule has 0 radical (unpaired) electrons. The first kappa shape index (κ1) is 27.1. The maximum Gasteiger partial charge on any atom is 0.296 e. The average molecular weight is 604 g/mol. The average Bonchev–Trinajstić information content (AvgIpc) is 3.70. The van der Waals surface area contributed by atoms with Crippen molar-refractivity contribution in [1.82, 2.24) is 10.2 Å². The number of fused-ring (bicyclic) bond motifs is 1. The number of carbonyl (C=O) groups excluding carboxylic acids is 2. The lowest BCUT2D eigenvalue weighted by atomic mass is 9.95. The van der Waals surface area contributed by atoms with Crippen LogP contribution in [0.2, 0.25) is 5.02 Å². The number of aliphatic hydroxyl groups is 1. The number of nitrogens with zero attached hydrogens (tertiary/aromatic N) is 3. The Labute approximate surface area is 248 Å². The fourth-order valence-corrected chi connectivity index (χ4v) is 6.52. The molecule has 3 heterocycles. The topological polar surface area (TPSA) is 106 Å². The Bertz CT molecular complexity index is 1750. The van der Waals surface area contributed by atoms with Gasteiger partial charge in [0, 0.05) is 16.2 Å². The molecule has 0 saturated carbocycles. The van der Waals surface area contributed by atoms with E-state index < -0.39 is 23.5 Å². The van der Waals surface area contributed by atoms with Crippen molar-refractivity contribution in [3.63, 3.8) is 0 Å². The Morgan fingerprint density at radius 3 is 2.59 bits per heavy atom. The minimum atomic E-state index is -0.957. The number of amides is 1. The van der Waals surface area contributed by atoms with Gasteiger partial charge in [-0.25, -0.2) is 0 Å². The summed E-state index contributed by atoms with van der Waals surface area (Å²) in [6.45, 7) is 2.37. The number of para-hydroxylation sites is 1. The van der Waals surface area contributed by atoms with E-state index in [0.717, 1.165) is 10.9 Å². The van der Waals surface area contributed by atoms with Crippen molar-refractivity contribution >= 4 is 62.5 Å². The van der Waals surface area contributed by atoms with Gasteiger partial charge in [0.15, 0.2) is 15.9 Å². The van der Waals surface area contributed by atoms with Crippen LogP contribution in [0.15, 0.2) is 99.0 Å². The fourth-order valence-electron chi connectivity index (χ4n) is 4.57. The number of rotatable bonds is 9. The van der Waals surface area contributed by atoms with Crippen LogP contribution in [0.3, 0.4) is 0 Å². The lowest BCUT2D eigenvalue weighted by molar-refractivity contribution is -0.117. The van der Waals surface area contributed by atoms with E-state index >= 15 is 0 Å². The maximum atomic E-state index is 13.8. The molecule has 6 rings (SSSR count). The Hall–Kier alpha value is -4.12. The minimum Gasteiger partial charge on any atom is -0.503 e. The van der Waals surface area contributed by atoms with Gasteiger partial charge in [-0.1, -0.05) is 77.2 Å². The second-order valence-electron chi connectivity index (χ2n) is 9.09. The Balaban J connectivity index is 1.35. The molecule has 0 spiro atoms. The molecule has 1 atom stereocenters. The summed E-state index contributed by atoms with van der Waals surface area (Å²) >= 11 is 8.65. The second kappa shape index (κ2) is 11.4. The van der Waals surface area contributed by atoms with Gasteiger partial charge >= 0.3 is 0 Å². The molecule has 3 aromatic carbocycles. The van der Waals surface area contributed by atoms with Crippen LogP contribution in [0.1, 0.15) is 34.6 Å². The van der Waals surface area contributed by atoms with Gasteiger partial charge in [0.25, 0.3) is 5.91 Å². The number of benzene rings is 3. The molecule has 0 bridgehead atoms. The maximum absolute atomic E-state index is 13.8. The highest BCUT2D eigenvalue weighted by Crippen LogP contribution is 2.44. The predicted octanol–water partition coefficient (Wildman–Crippen LogP) is 7.41. The molecule has 0 fully saturated rings. The van der Waals surface area contributed by atoms with Crippen LogP contribution in [0.4, 0.5) is 5.13 Å². The van der Waals surface area contributed by atoms with Gasteiger partial charge in [-0.05, 0) is 54.4 Å². The molecule has 206 valence electrons. The summed E-state index contributed by atoms with van der Waals surface area (Å²) in [6, 6.07) is 22.4. The standard InChI is InChI=1S/C30H22ClN3O5S2/c1-2-38-21-13-9-18(10-14-21)25-24(26(35)23-15-19-5-3-4-6-22(19)39-23)27(36)28(37)34(25)29-32-33-30(41-29)40-16-17-7-11-20(31)12-8-17/h3-15,25,36H,2,16H2,1H3. The summed E-state index contributed by atoms with van der Waals surface area (Å²) in [5.41, 5.74) is 2.08. The minimum absolute atomic E-state index is 0.0230. The van der Waals surface area contributed by atoms with Gasteiger partial charge in [-0.3, -0.25) is 14.5 Å². The fraction of sp³-hybridized carbons (Fsp3) is 0.133. The lowest BCUT2D eigenvalue weighted by Crippen LogP contribution is -2.31. The number of aliphatic hydroxyl groups excluding tert-OH is 1. The lowest BCUT2D eigenvalue weighted by Gasteiger charge is -2.24. The van der Waals surface area contributed by atoms with Crippen LogP contribution in [0.25, 0.3) is 11.0 Å². The molecule has 11 heteroatoms. The van der Waals surface area contributed by atoms with Crippen LogP contribution in [-0.2, 0) is 10.5 Å². The normalized spacial score (nSPS) is 15.2. The van der Waals surface area contributed by atoms with E-state index in [0.29, 0.717) is 38.6 Å². The van der Waals surface area contributed by atoms with Gasteiger partial charge in [-0.15, -0.1) is 10.2 Å². The van der Waals surface area contributed by atoms with Gasteiger partial charge in [0.1, 0.15) is 11.3 Å². The highest BCUT2D eigenvalue weighted by Gasteiger charge is 2.46. The van der Waals surface area contributed by atoms with Crippen LogP contribution in [0.5, 0.6) is 5.75 Å². The molecular formula is C30H22ClN3O5S2. The van der Waals surface area contributed by atoms with E-state index in [9.17, 15) is 14.7 Å². The van der Waals surface area contributed by atoms with E-state index in [1.54, 1.807) is 42.5 Å². The van der Waals surface area contributed by atoms with E-state index in [4.69, 9.17) is 20.8 Å². The quantitative estimate of drug-likeness (QED) is 0.105. The second-order valence-corrected chi connectivity index (χ2v) is 11.7. The van der Waals surface area contributed by atoms with Gasteiger partial charge in [-0.2, -0.15) is 0 Å². The van der Waals surface area contributed by atoms with Crippen molar-refractivity contribution in [2.45, 2.75) is 23.1 Å². The summed E-state index contributed by atoms with van der Waals surface area (Å²) < 4.78 is 12.0. The molecule has 1 unspecified atom stereocenters. The number of hydrogen-bond donors (Lipinski definition) is 1. The van der Waals surface area contributed by atoms with E-state index in [-0.39, 0.29) is 16.5 Å².